The Kier molecular flexibility index (Phi) is 6.19. The molecule has 150 valence electrons. The van der Waals surface area contributed by atoms with Crippen LogP contribution in [-0.2, 0) is 0 Å². The number of nitrogens with zero attached hydrogens (tertiary/aromatic N) is 2. The fourth-order valence-corrected chi connectivity index (χ4v) is 3.56. The van der Waals surface area contributed by atoms with Crippen molar-refractivity contribution in [2.45, 2.75) is 26.8 Å². The van der Waals surface area contributed by atoms with Gasteiger partial charge in [-0.2, -0.15) is 0 Å². The Morgan fingerprint density at radius 3 is 2.50 bits per heavy atom. The average molecular weight is 385 g/mol. The maximum absolute atomic E-state index is 14.4. The number of anilines is 2. The zero-order valence-corrected chi connectivity index (χ0v) is 17.0. The van der Waals surface area contributed by atoms with E-state index in [1.807, 2.05) is 19.1 Å². The number of hydrogen-bond donors (Lipinski definition) is 1. The number of benzene rings is 2. The van der Waals surface area contributed by atoms with Crippen molar-refractivity contribution >= 4 is 17.3 Å². The molecule has 3 rings (SSSR count). The van der Waals surface area contributed by atoms with Gasteiger partial charge < -0.3 is 15.0 Å². The van der Waals surface area contributed by atoms with E-state index in [9.17, 15) is 9.18 Å². The molecule has 0 aliphatic carbocycles. The van der Waals surface area contributed by atoms with E-state index in [0.29, 0.717) is 11.7 Å². The first-order valence-electron chi connectivity index (χ1n) is 9.63. The molecule has 0 atom stereocenters. The summed E-state index contributed by atoms with van der Waals surface area (Å²) in [6, 6.07) is 11.1. The van der Waals surface area contributed by atoms with Gasteiger partial charge in [0, 0.05) is 43.6 Å². The topological polar surface area (TPSA) is 44.8 Å². The smallest absolute Gasteiger partial charge is 0.258 e. The molecule has 28 heavy (non-hydrogen) atoms. The molecular weight excluding hydrogens is 357 g/mol. The molecule has 0 aromatic heterocycles. The van der Waals surface area contributed by atoms with Gasteiger partial charge in [-0.3, -0.25) is 9.69 Å². The van der Waals surface area contributed by atoms with E-state index in [0.717, 1.165) is 37.4 Å². The van der Waals surface area contributed by atoms with Gasteiger partial charge in [0.15, 0.2) is 11.6 Å². The number of hydrogen-bond acceptors (Lipinski definition) is 4. The van der Waals surface area contributed by atoms with Gasteiger partial charge >= 0.3 is 0 Å². The Labute approximate surface area is 166 Å². The van der Waals surface area contributed by atoms with Gasteiger partial charge in [-0.05, 0) is 56.7 Å². The summed E-state index contributed by atoms with van der Waals surface area (Å²) < 4.78 is 19.3. The Balaban J connectivity index is 1.76. The Bertz CT molecular complexity index is 846. The molecule has 2 aromatic carbocycles. The van der Waals surface area contributed by atoms with Gasteiger partial charge in [-0.1, -0.05) is 6.07 Å². The van der Waals surface area contributed by atoms with Crippen molar-refractivity contribution in [3.05, 3.63) is 53.3 Å². The number of carbonyl (C=O) groups is 1. The van der Waals surface area contributed by atoms with Crippen LogP contribution in [0.5, 0.6) is 5.75 Å². The maximum atomic E-state index is 14.4. The molecule has 1 aliphatic rings. The van der Waals surface area contributed by atoms with Crippen LogP contribution < -0.4 is 15.0 Å². The van der Waals surface area contributed by atoms with Gasteiger partial charge in [0.1, 0.15) is 0 Å². The van der Waals surface area contributed by atoms with Crippen LogP contribution in [0.15, 0.2) is 36.4 Å². The highest BCUT2D eigenvalue weighted by molar-refractivity contribution is 6.05. The Morgan fingerprint density at radius 2 is 1.86 bits per heavy atom. The summed E-state index contributed by atoms with van der Waals surface area (Å²) in [4.78, 5) is 17.4. The molecule has 1 fully saturated rings. The van der Waals surface area contributed by atoms with Crippen LogP contribution in [0, 0.1) is 12.7 Å². The molecule has 6 heteroatoms. The van der Waals surface area contributed by atoms with Crippen LogP contribution in [0.4, 0.5) is 15.8 Å². The van der Waals surface area contributed by atoms with E-state index < -0.39 is 11.7 Å². The van der Waals surface area contributed by atoms with Crippen molar-refractivity contribution in [1.82, 2.24) is 4.90 Å². The number of rotatable bonds is 5. The molecule has 1 aliphatic heterocycles. The molecule has 0 radical (unpaired) electrons. The van der Waals surface area contributed by atoms with Crippen molar-refractivity contribution in [1.29, 1.82) is 0 Å². The van der Waals surface area contributed by atoms with Gasteiger partial charge in [0.2, 0.25) is 0 Å². The molecule has 0 spiro atoms. The Morgan fingerprint density at radius 1 is 1.14 bits per heavy atom. The van der Waals surface area contributed by atoms with Crippen LogP contribution in [0.2, 0.25) is 0 Å². The molecular formula is C22H28FN3O2. The highest BCUT2D eigenvalue weighted by Crippen LogP contribution is 2.26. The largest absolute Gasteiger partial charge is 0.494 e. The summed E-state index contributed by atoms with van der Waals surface area (Å²) in [5.74, 6) is -1.08. The van der Waals surface area contributed by atoms with Crippen LogP contribution in [0.1, 0.15) is 29.8 Å². The lowest BCUT2D eigenvalue weighted by molar-refractivity contribution is 0.102. The summed E-state index contributed by atoms with van der Waals surface area (Å²) in [7, 11) is 1.38. The van der Waals surface area contributed by atoms with Gasteiger partial charge in [-0.15, -0.1) is 0 Å². The zero-order chi connectivity index (χ0) is 20.3. The van der Waals surface area contributed by atoms with E-state index in [-0.39, 0.29) is 11.3 Å². The second kappa shape index (κ2) is 8.61. The lowest BCUT2D eigenvalue weighted by Crippen LogP contribution is -2.48. The minimum atomic E-state index is -0.653. The second-order valence-electron chi connectivity index (χ2n) is 7.45. The van der Waals surface area contributed by atoms with Crippen LogP contribution >= 0.6 is 0 Å². The number of nitrogens with one attached hydrogen (secondary N) is 1. The van der Waals surface area contributed by atoms with Gasteiger partial charge in [-0.25, -0.2) is 4.39 Å². The molecule has 1 N–H and O–H groups in total. The highest BCUT2D eigenvalue weighted by Gasteiger charge is 2.20. The lowest BCUT2D eigenvalue weighted by atomic mass is 10.1. The number of ether oxygens (including phenoxy) is 1. The average Bonchev–Trinajstić information content (AvgIpc) is 2.67. The van der Waals surface area contributed by atoms with E-state index >= 15 is 0 Å². The van der Waals surface area contributed by atoms with Gasteiger partial charge in [0.05, 0.1) is 12.7 Å². The van der Waals surface area contributed by atoms with Crippen molar-refractivity contribution in [3.63, 3.8) is 0 Å². The third kappa shape index (κ3) is 4.44. The van der Waals surface area contributed by atoms with E-state index in [4.69, 9.17) is 4.74 Å². The summed E-state index contributed by atoms with van der Waals surface area (Å²) in [5.41, 5.74) is 2.75. The van der Waals surface area contributed by atoms with Gasteiger partial charge in [0.25, 0.3) is 5.91 Å². The lowest BCUT2D eigenvalue weighted by Gasteiger charge is -2.38. The monoisotopic (exact) mass is 385 g/mol. The van der Waals surface area contributed by atoms with E-state index in [2.05, 4.69) is 35.0 Å². The molecule has 0 saturated carbocycles. The minimum Gasteiger partial charge on any atom is -0.494 e. The molecule has 1 saturated heterocycles. The minimum absolute atomic E-state index is 0.0343. The number of carbonyl (C=O) groups excluding carboxylic acids is 1. The van der Waals surface area contributed by atoms with Crippen LogP contribution in [0.25, 0.3) is 0 Å². The first-order chi connectivity index (χ1) is 13.4. The van der Waals surface area contributed by atoms with Crippen molar-refractivity contribution < 1.29 is 13.9 Å². The first-order valence-corrected chi connectivity index (χ1v) is 9.63. The summed E-state index contributed by atoms with van der Waals surface area (Å²) in [6.07, 6.45) is 0. The number of aryl methyl sites for hydroxylation is 1. The number of piperazine rings is 1. The third-order valence-electron chi connectivity index (χ3n) is 5.16. The number of halogens is 1. The summed E-state index contributed by atoms with van der Waals surface area (Å²) in [6.45, 7) is 10.3. The third-order valence-corrected chi connectivity index (χ3v) is 5.16. The quantitative estimate of drug-likeness (QED) is 0.847. The molecule has 0 bridgehead atoms. The Hall–Kier alpha value is -2.60. The predicted molar refractivity (Wildman–Crippen MR) is 111 cm³/mol. The maximum Gasteiger partial charge on any atom is 0.258 e. The summed E-state index contributed by atoms with van der Waals surface area (Å²) >= 11 is 0. The molecule has 1 heterocycles. The van der Waals surface area contributed by atoms with Crippen LogP contribution in [0.3, 0.4) is 0 Å². The summed E-state index contributed by atoms with van der Waals surface area (Å²) in [5, 5.41) is 2.83. The molecule has 5 nitrogen and oxygen atoms in total. The van der Waals surface area contributed by atoms with Crippen molar-refractivity contribution in [3.8, 4) is 5.75 Å². The first kappa shape index (κ1) is 20.1. The van der Waals surface area contributed by atoms with Crippen LogP contribution in [-0.4, -0.2) is 50.1 Å². The zero-order valence-electron chi connectivity index (χ0n) is 17.0. The van der Waals surface area contributed by atoms with Crippen molar-refractivity contribution in [2.75, 3.05) is 43.5 Å². The normalized spacial score (nSPS) is 15.0. The fourth-order valence-electron chi connectivity index (χ4n) is 3.56. The fraction of sp³-hybridized carbons (Fsp3) is 0.409. The number of amides is 1. The second-order valence-corrected chi connectivity index (χ2v) is 7.45. The predicted octanol–water partition coefficient (Wildman–Crippen LogP) is 3.93. The standard InChI is InChI=1S/C22H28FN3O2/c1-15(2)25-8-10-26(11-9-25)18-13-16(3)12-17(14-18)24-22(27)19-6-5-7-20(28-4)21(19)23/h5-7,12-15H,8-11H2,1-4H3,(H,24,27). The molecule has 0 unspecified atom stereocenters. The SMILES string of the molecule is COc1cccc(C(=O)Nc2cc(C)cc(N3CCN(C(C)C)CC3)c2)c1F. The number of methoxy groups -OCH3 is 1. The molecule has 2 aromatic rings. The van der Waals surface area contributed by atoms with E-state index in [1.54, 1.807) is 6.07 Å². The van der Waals surface area contributed by atoms with Crippen molar-refractivity contribution in [2.24, 2.45) is 0 Å². The van der Waals surface area contributed by atoms with E-state index in [1.165, 1.54) is 19.2 Å². The molecule has 1 amide bonds. The highest BCUT2D eigenvalue weighted by atomic mass is 19.1.